The number of nitro benzene ring substituents is 1. The van der Waals surface area contributed by atoms with E-state index in [2.05, 4.69) is 10.6 Å². The molecule has 5 atom stereocenters. The summed E-state index contributed by atoms with van der Waals surface area (Å²) in [5.41, 5.74) is 2.35. The number of hydrogen-bond donors (Lipinski definition) is 1. The van der Waals surface area contributed by atoms with Crippen molar-refractivity contribution in [3.05, 3.63) is 39.6 Å². The molecule has 30 heavy (non-hydrogen) atoms. The lowest BCUT2D eigenvalue weighted by Crippen LogP contribution is -2.47. The summed E-state index contributed by atoms with van der Waals surface area (Å²) in [5, 5.41) is 28.0. The number of nitro groups is 1. The number of nitrogens with zero attached hydrogens (tertiary/aromatic N) is 3. The minimum atomic E-state index is -0.933. The first-order valence-electron chi connectivity index (χ1n) is 9.56. The number of ether oxygens (including phenoxy) is 5. The first kappa shape index (κ1) is 20.9. The Labute approximate surface area is 172 Å². The van der Waals surface area contributed by atoms with Crippen molar-refractivity contribution in [3.63, 3.8) is 0 Å². The molecule has 164 valence electrons. The van der Waals surface area contributed by atoms with Crippen LogP contribution in [0.4, 0.5) is 11.4 Å². The quantitative estimate of drug-likeness (QED) is 0.326. The van der Waals surface area contributed by atoms with Crippen LogP contribution in [-0.4, -0.2) is 58.6 Å². The van der Waals surface area contributed by atoms with Crippen LogP contribution in [0.1, 0.15) is 27.7 Å². The van der Waals surface area contributed by atoms with Gasteiger partial charge in [0.15, 0.2) is 30.0 Å². The summed E-state index contributed by atoms with van der Waals surface area (Å²) < 4.78 is 29.1. The second kappa shape index (κ2) is 7.39. The summed E-state index contributed by atoms with van der Waals surface area (Å²) in [6, 6.07) is 4.96. The molecule has 0 saturated carbocycles. The molecule has 0 aromatic heterocycles. The molecule has 0 spiro atoms. The zero-order chi connectivity index (χ0) is 21.7. The fourth-order valence-corrected chi connectivity index (χ4v) is 3.85. The van der Waals surface area contributed by atoms with Crippen molar-refractivity contribution >= 4 is 11.4 Å². The molecule has 3 aliphatic heterocycles. The maximum atomic E-state index is 13.0. The van der Waals surface area contributed by atoms with Crippen LogP contribution in [0.15, 0.2) is 29.5 Å². The second-order valence-corrected chi connectivity index (χ2v) is 8.22. The SMILES string of the molecule is CC1(C)O[C@H]2O[C@H]([C@H]3COC(C)(C)O3)[C@@H](/[N+]([O-])=N/Nc3ccccc3[N+](=O)[O-])[C@H]2O1. The molecule has 0 amide bonds. The molecule has 3 saturated heterocycles. The van der Waals surface area contributed by atoms with Crippen LogP contribution in [0.5, 0.6) is 0 Å². The minimum Gasteiger partial charge on any atom is -0.695 e. The van der Waals surface area contributed by atoms with Crippen LogP contribution in [0.3, 0.4) is 0 Å². The molecule has 3 heterocycles. The Balaban J connectivity index is 1.59. The van der Waals surface area contributed by atoms with Crippen LogP contribution in [0.2, 0.25) is 0 Å². The lowest BCUT2D eigenvalue weighted by molar-refractivity contribution is -0.582. The molecule has 12 nitrogen and oxygen atoms in total. The van der Waals surface area contributed by atoms with Crippen molar-refractivity contribution in [2.75, 3.05) is 12.0 Å². The Kier molecular flexibility index (Phi) is 5.14. The fourth-order valence-electron chi connectivity index (χ4n) is 3.85. The number of hydrogen-bond acceptors (Lipinski definition) is 9. The van der Waals surface area contributed by atoms with Crippen molar-refractivity contribution in [1.29, 1.82) is 0 Å². The van der Waals surface area contributed by atoms with E-state index in [1.54, 1.807) is 33.8 Å². The van der Waals surface area contributed by atoms with Crippen LogP contribution in [-0.2, 0) is 23.7 Å². The van der Waals surface area contributed by atoms with Crippen LogP contribution in [0, 0.1) is 15.3 Å². The van der Waals surface area contributed by atoms with Crippen molar-refractivity contribution in [2.24, 2.45) is 5.22 Å². The van der Waals surface area contributed by atoms with E-state index in [9.17, 15) is 15.3 Å². The predicted molar refractivity (Wildman–Crippen MR) is 100 cm³/mol. The molecule has 1 aromatic rings. The van der Waals surface area contributed by atoms with Gasteiger partial charge in [0.2, 0.25) is 5.69 Å². The van der Waals surface area contributed by atoms with Gasteiger partial charge < -0.3 is 28.9 Å². The highest BCUT2D eigenvalue weighted by Crippen LogP contribution is 2.41. The van der Waals surface area contributed by atoms with Crippen molar-refractivity contribution in [2.45, 2.75) is 69.9 Å². The maximum absolute atomic E-state index is 13.0. The summed E-state index contributed by atoms with van der Waals surface area (Å²) in [5.74, 6) is -1.75. The molecular weight excluding hydrogens is 400 g/mol. The number of benzene rings is 1. The lowest BCUT2D eigenvalue weighted by Gasteiger charge is -2.28. The lowest BCUT2D eigenvalue weighted by atomic mass is 10.0. The van der Waals surface area contributed by atoms with Gasteiger partial charge in [0.25, 0.3) is 0 Å². The van der Waals surface area contributed by atoms with E-state index in [-0.39, 0.29) is 18.0 Å². The molecule has 1 aromatic carbocycles. The third-order valence-corrected chi connectivity index (χ3v) is 5.07. The number of para-hydroxylation sites is 2. The molecule has 0 radical (unpaired) electrons. The first-order valence-corrected chi connectivity index (χ1v) is 9.56. The Hall–Kier alpha value is -2.38. The fraction of sp³-hybridized carbons (Fsp3) is 0.667. The number of rotatable bonds is 5. The summed E-state index contributed by atoms with van der Waals surface area (Å²) in [7, 11) is 0. The topological polar surface area (TPSA) is 140 Å². The number of fused-ring (bicyclic) bond motifs is 1. The third kappa shape index (κ3) is 3.96. The number of anilines is 1. The Morgan fingerprint density at radius 3 is 2.47 bits per heavy atom. The van der Waals surface area contributed by atoms with E-state index in [0.717, 1.165) is 0 Å². The van der Waals surface area contributed by atoms with Gasteiger partial charge in [0, 0.05) is 6.07 Å². The van der Waals surface area contributed by atoms with Crippen molar-refractivity contribution < 1.29 is 33.5 Å². The molecule has 3 aliphatic rings. The van der Waals surface area contributed by atoms with E-state index in [4.69, 9.17) is 23.7 Å². The van der Waals surface area contributed by atoms with E-state index < -0.39 is 47.1 Å². The summed E-state index contributed by atoms with van der Waals surface area (Å²) in [6.45, 7) is 7.20. The standard InChI is InChI=1S/C18H24N4O8/c1-17(2)26-9-12(28-17)14-13(15-16(27-14)30-18(3,4)29-15)21(23)20-19-10-7-5-6-8-11(10)22(24)25/h5-8,12-16,19H,9H2,1-4H3/b21-20-/t12-,13-,14-,15-,16-/m1/s1. The summed E-state index contributed by atoms with van der Waals surface area (Å²) in [4.78, 5) is 11.0. The van der Waals surface area contributed by atoms with Crippen molar-refractivity contribution in [1.82, 2.24) is 0 Å². The van der Waals surface area contributed by atoms with Gasteiger partial charge in [-0.25, -0.2) is 0 Å². The van der Waals surface area contributed by atoms with Crippen LogP contribution >= 0.6 is 0 Å². The zero-order valence-electron chi connectivity index (χ0n) is 17.0. The molecule has 4 rings (SSSR count). The third-order valence-electron chi connectivity index (χ3n) is 5.07. The monoisotopic (exact) mass is 424 g/mol. The zero-order valence-corrected chi connectivity index (χ0v) is 17.0. The maximum Gasteiger partial charge on any atom is 0.317 e. The van der Waals surface area contributed by atoms with Crippen molar-refractivity contribution in [3.8, 4) is 0 Å². The van der Waals surface area contributed by atoms with Gasteiger partial charge in [-0.2, -0.15) is 4.86 Å². The van der Waals surface area contributed by atoms with E-state index in [1.807, 2.05) is 0 Å². The van der Waals surface area contributed by atoms with Gasteiger partial charge in [-0.05, 0) is 33.8 Å². The van der Waals surface area contributed by atoms with Gasteiger partial charge in [-0.1, -0.05) is 12.1 Å². The highest BCUT2D eigenvalue weighted by molar-refractivity contribution is 5.60. The molecule has 0 unspecified atom stereocenters. The average Bonchev–Trinajstić information content (AvgIpc) is 3.28. The highest BCUT2D eigenvalue weighted by Gasteiger charge is 2.61. The largest absolute Gasteiger partial charge is 0.695 e. The van der Waals surface area contributed by atoms with E-state index >= 15 is 0 Å². The van der Waals surface area contributed by atoms with Gasteiger partial charge in [0.05, 0.1) is 16.8 Å². The normalized spacial score (nSPS) is 34.7. The smallest absolute Gasteiger partial charge is 0.317 e. The van der Waals surface area contributed by atoms with E-state index in [1.165, 1.54) is 18.2 Å². The predicted octanol–water partition coefficient (Wildman–Crippen LogP) is 2.28. The first-order chi connectivity index (χ1) is 14.1. The Morgan fingerprint density at radius 2 is 1.80 bits per heavy atom. The summed E-state index contributed by atoms with van der Waals surface area (Å²) in [6.07, 6.45) is -2.79. The summed E-state index contributed by atoms with van der Waals surface area (Å²) >= 11 is 0. The van der Waals surface area contributed by atoms with Gasteiger partial charge in [-0.15, -0.1) is 5.43 Å². The highest BCUT2D eigenvalue weighted by atomic mass is 16.8. The molecule has 1 N–H and O–H groups in total. The molecule has 12 heteroatoms. The second-order valence-electron chi connectivity index (χ2n) is 8.22. The van der Waals surface area contributed by atoms with Gasteiger partial charge in [-0.3, -0.25) is 10.1 Å². The minimum absolute atomic E-state index is 0.0841. The van der Waals surface area contributed by atoms with Gasteiger partial charge in [0.1, 0.15) is 12.2 Å². The Bertz CT molecular complexity index is 860. The van der Waals surface area contributed by atoms with E-state index in [0.29, 0.717) is 4.86 Å². The molecular formula is C18H24N4O8. The number of hydroxylamine groups is 1. The Morgan fingerprint density at radius 1 is 1.07 bits per heavy atom. The molecule has 0 aliphatic carbocycles. The average molecular weight is 424 g/mol. The molecule has 3 fully saturated rings. The molecule has 0 bridgehead atoms. The van der Waals surface area contributed by atoms with Gasteiger partial charge >= 0.3 is 5.69 Å². The van der Waals surface area contributed by atoms with Crippen LogP contribution < -0.4 is 5.43 Å². The number of nitrogens with one attached hydrogen (secondary N) is 1. The van der Waals surface area contributed by atoms with Crippen LogP contribution in [0.25, 0.3) is 0 Å².